The maximum atomic E-state index is 5.56. The number of anilines is 2. The third kappa shape index (κ3) is 2.31. The Morgan fingerprint density at radius 2 is 2.25 bits per heavy atom. The highest BCUT2D eigenvalue weighted by atomic mass is 15.3. The fraction of sp³-hybridized carbons (Fsp3) is 0.273. The smallest absolute Gasteiger partial charge is 0.124 e. The van der Waals surface area contributed by atoms with Gasteiger partial charge in [0.05, 0.1) is 29.8 Å². The van der Waals surface area contributed by atoms with Gasteiger partial charge in [0, 0.05) is 13.1 Å². The highest BCUT2D eigenvalue weighted by molar-refractivity contribution is 5.38. The number of aryl methyl sites for hydroxylation is 2. The topological polar surface area (TPSA) is 68.8 Å². The Morgan fingerprint density at radius 3 is 2.81 bits per heavy atom. The van der Waals surface area contributed by atoms with E-state index in [4.69, 9.17) is 5.73 Å². The molecule has 2 aromatic rings. The molecule has 0 bridgehead atoms. The lowest BCUT2D eigenvalue weighted by molar-refractivity contribution is 0.757. The Hall–Kier alpha value is -2.04. The summed E-state index contributed by atoms with van der Waals surface area (Å²) in [7, 11) is 1.91. The van der Waals surface area contributed by atoms with Gasteiger partial charge in [0.25, 0.3) is 0 Å². The van der Waals surface area contributed by atoms with Crippen LogP contribution in [0.1, 0.15) is 11.4 Å². The average Bonchev–Trinajstić information content (AvgIpc) is 2.57. The van der Waals surface area contributed by atoms with Crippen LogP contribution in [0.2, 0.25) is 0 Å². The lowest BCUT2D eigenvalue weighted by Gasteiger charge is -2.05. The van der Waals surface area contributed by atoms with Crippen molar-refractivity contribution < 1.29 is 0 Å². The molecule has 0 atom stereocenters. The summed E-state index contributed by atoms with van der Waals surface area (Å²) in [6.07, 6.45) is 1.66. The molecule has 0 aliphatic carbocycles. The van der Waals surface area contributed by atoms with Crippen molar-refractivity contribution in [1.29, 1.82) is 0 Å². The number of aromatic nitrogens is 3. The minimum atomic E-state index is 0.666. The molecule has 3 N–H and O–H groups in total. The van der Waals surface area contributed by atoms with Gasteiger partial charge in [0.2, 0.25) is 0 Å². The van der Waals surface area contributed by atoms with Crippen molar-refractivity contribution in [2.24, 2.45) is 7.05 Å². The first-order valence-electron chi connectivity index (χ1n) is 5.10. The van der Waals surface area contributed by atoms with Crippen molar-refractivity contribution in [3.63, 3.8) is 0 Å². The van der Waals surface area contributed by atoms with Gasteiger partial charge < -0.3 is 11.1 Å². The molecule has 0 amide bonds. The van der Waals surface area contributed by atoms with E-state index in [0.29, 0.717) is 12.2 Å². The number of nitrogens with zero attached hydrogens (tertiary/aromatic N) is 3. The molecule has 2 rings (SSSR count). The summed E-state index contributed by atoms with van der Waals surface area (Å²) in [4.78, 5) is 4.21. The monoisotopic (exact) mass is 217 g/mol. The van der Waals surface area contributed by atoms with E-state index >= 15 is 0 Å². The van der Waals surface area contributed by atoms with Gasteiger partial charge >= 0.3 is 0 Å². The van der Waals surface area contributed by atoms with Crippen molar-refractivity contribution >= 4 is 11.5 Å². The number of hydrogen-bond donors (Lipinski definition) is 2. The Kier molecular flexibility index (Phi) is 2.76. The molecule has 0 aliphatic rings. The summed E-state index contributed by atoms with van der Waals surface area (Å²) in [5, 5.41) is 7.52. The molecule has 0 aromatic carbocycles. The summed E-state index contributed by atoms with van der Waals surface area (Å²) in [6.45, 7) is 2.63. The number of nitrogen functional groups attached to an aromatic ring is 1. The van der Waals surface area contributed by atoms with Crippen LogP contribution in [0.3, 0.4) is 0 Å². The van der Waals surface area contributed by atoms with Crippen molar-refractivity contribution in [3.8, 4) is 0 Å². The van der Waals surface area contributed by atoms with Crippen LogP contribution in [0.5, 0.6) is 0 Å². The molecule has 5 heteroatoms. The van der Waals surface area contributed by atoms with E-state index in [-0.39, 0.29) is 0 Å². The van der Waals surface area contributed by atoms with Crippen LogP contribution in [-0.2, 0) is 13.6 Å². The third-order valence-electron chi connectivity index (χ3n) is 2.30. The molecule has 16 heavy (non-hydrogen) atoms. The predicted octanol–water partition coefficient (Wildman–Crippen LogP) is 1.32. The zero-order valence-electron chi connectivity index (χ0n) is 9.44. The Balaban J connectivity index is 2.02. The molecule has 0 fully saturated rings. The summed E-state index contributed by atoms with van der Waals surface area (Å²) < 4.78 is 1.81. The van der Waals surface area contributed by atoms with E-state index in [1.807, 2.05) is 36.9 Å². The zero-order valence-corrected chi connectivity index (χ0v) is 9.44. The van der Waals surface area contributed by atoms with Gasteiger partial charge in [-0.1, -0.05) is 0 Å². The number of pyridine rings is 1. The quantitative estimate of drug-likeness (QED) is 0.813. The summed E-state index contributed by atoms with van der Waals surface area (Å²) in [5.41, 5.74) is 8.19. The van der Waals surface area contributed by atoms with E-state index in [0.717, 1.165) is 17.2 Å². The molecule has 0 saturated heterocycles. The molecule has 0 unspecified atom stereocenters. The van der Waals surface area contributed by atoms with Gasteiger partial charge in [-0.3, -0.25) is 9.67 Å². The molecule has 5 nitrogen and oxygen atoms in total. The molecule has 0 radical (unpaired) electrons. The van der Waals surface area contributed by atoms with E-state index in [1.165, 1.54) is 0 Å². The summed E-state index contributed by atoms with van der Waals surface area (Å²) in [5.74, 6) is 0.983. The van der Waals surface area contributed by atoms with Crippen LogP contribution in [0.25, 0.3) is 0 Å². The normalized spacial score (nSPS) is 10.4. The second kappa shape index (κ2) is 4.22. The fourth-order valence-electron chi connectivity index (χ4n) is 1.50. The molecular weight excluding hydrogens is 202 g/mol. The second-order valence-corrected chi connectivity index (χ2v) is 3.73. The van der Waals surface area contributed by atoms with Gasteiger partial charge in [0.1, 0.15) is 5.82 Å². The Bertz CT molecular complexity index is 472. The minimum Gasteiger partial charge on any atom is -0.397 e. The van der Waals surface area contributed by atoms with Gasteiger partial charge in [0.15, 0.2) is 0 Å². The summed E-state index contributed by atoms with van der Waals surface area (Å²) >= 11 is 0. The van der Waals surface area contributed by atoms with Crippen LogP contribution >= 0.6 is 0 Å². The summed E-state index contributed by atoms with van der Waals surface area (Å²) in [6, 6.07) is 5.75. The third-order valence-corrected chi connectivity index (χ3v) is 2.30. The molecular formula is C11H15N5. The van der Waals surface area contributed by atoms with Crippen molar-refractivity contribution in [1.82, 2.24) is 14.8 Å². The van der Waals surface area contributed by atoms with Crippen molar-refractivity contribution in [2.45, 2.75) is 13.5 Å². The standard InChI is InChI=1S/C11H15N5/c1-8-5-11(16(2)15-8)14-7-10-4-3-9(12)6-13-10/h3-6,14H,7,12H2,1-2H3. The van der Waals surface area contributed by atoms with Crippen LogP contribution in [0.15, 0.2) is 24.4 Å². The molecule has 0 spiro atoms. The van der Waals surface area contributed by atoms with Gasteiger partial charge in [-0.25, -0.2) is 0 Å². The van der Waals surface area contributed by atoms with E-state index in [9.17, 15) is 0 Å². The van der Waals surface area contributed by atoms with Gasteiger partial charge in [-0.05, 0) is 19.1 Å². The second-order valence-electron chi connectivity index (χ2n) is 3.73. The van der Waals surface area contributed by atoms with E-state index in [2.05, 4.69) is 15.4 Å². The van der Waals surface area contributed by atoms with Crippen LogP contribution in [0, 0.1) is 6.92 Å². The molecule has 0 saturated carbocycles. The van der Waals surface area contributed by atoms with Crippen molar-refractivity contribution in [3.05, 3.63) is 35.8 Å². The van der Waals surface area contributed by atoms with Crippen molar-refractivity contribution in [2.75, 3.05) is 11.1 Å². The minimum absolute atomic E-state index is 0.666. The highest BCUT2D eigenvalue weighted by Gasteiger charge is 2.01. The van der Waals surface area contributed by atoms with E-state index in [1.54, 1.807) is 6.20 Å². The SMILES string of the molecule is Cc1cc(NCc2ccc(N)cn2)n(C)n1. The zero-order chi connectivity index (χ0) is 11.5. The predicted molar refractivity (Wildman–Crippen MR) is 63.9 cm³/mol. The largest absolute Gasteiger partial charge is 0.397 e. The Morgan fingerprint density at radius 1 is 1.44 bits per heavy atom. The molecule has 2 heterocycles. The number of rotatable bonds is 3. The lowest BCUT2D eigenvalue weighted by Crippen LogP contribution is -2.05. The number of nitrogens with one attached hydrogen (secondary N) is 1. The lowest BCUT2D eigenvalue weighted by atomic mass is 10.3. The fourth-order valence-corrected chi connectivity index (χ4v) is 1.50. The molecule has 84 valence electrons. The van der Waals surface area contributed by atoms with Crippen LogP contribution in [-0.4, -0.2) is 14.8 Å². The maximum absolute atomic E-state index is 5.56. The van der Waals surface area contributed by atoms with E-state index < -0.39 is 0 Å². The first-order chi connectivity index (χ1) is 7.65. The van der Waals surface area contributed by atoms with Crippen LogP contribution in [0.4, 0.5) is 11.5 Å². The molecule has 0 aliphatic heterocycles. The Labute approximate surface area is 94.3 Å². The first kappa shape index (κ1) is 10.5. The average molecular weight is 217 g/mol. The number of nitrogens with two attached hydrogens (primary N) is 1. The van der Waals surface area contributed by atoms with Gasteiger partial charge in [-0.2, -0.15) is 5.10 Å². The van der Waals surface area contributed by atoms with Gasteiger partial charge in [-0.15, -0.1) is 0 Å². The number of hydrogen-bond acceptors (Lipinski definition) is 4. The van der Waals surface area contributed by atoms with Crippen LogP contribution < -0.4 is 11.1 Å². The maximum Gasteiger partial charge on any atom is 0.124 e. The molecule has 2 aromatic heterocycles. The first-order valence-corrected chi connectivity index (χ1v) is 5.10. The highest BCUT2D eigenvalue weighted by Crippen LogP contribution is 2.09.